The fourth-order valence-corrected chi connectivity index (χ4v) is 2.88. The first-order chi connectivity index (χ1) is 15.0. The molecule has 7 heteroatoms. The number of nitrogens with one attached hydrogen (secondary N) is 1. The summed E-state index contributed by atoms with van der Waals surface area (Å²) in [5.41, 5.74) is 1.09. The van der Waals surface area contributed by atoms with Gasteiger partial charge in [0, 0.05) is 5.69 Å². The lowest BCUT2D eigenvalue weighted by molar-refractivity contribution is -0.112. The standard InChI is InChI=1S/C24H18Cl2N2O3/c25-22-11-8-19(15-23(22)26)28-24(29)18(16-27)14-17-6-9-21(10-7-17)31-13-12-30-20-4-2-1-3-5-20/h1-11,14-15H,12-13H2,(H,28,29)/b18-14+. The third-order valence-corrected chi connectivity index (χ3v) is 4.84. The lowest BCUT2D eigenvalue weighted by Crippen LogP contribution is -2.13. The molecule has 0 heterocycles. The molecule has 0 bridgehead atoms. The van der Waals surface area contributed by atoms with E-state index in [1.54, 1.807) is 36.4 Å². The summed E-state index contributed by atoms with van der Waals surface area (Å²) in [7, 11) is 0. The summed E-state index contributed by atoms with van der Waals surface area (Å²) in [6, 6.07) is 23.2. The quantitative estimate of drug-likeness (QED) is 0.258. The van der Waals surface area contributed by atoms with Crippen LogP contribution in [0.4, 0.5) is 5.69 Å². The van der Waals surface area contributed by atoms with E-state index >= 15 is 0 Å². The van der Waals surface area contributed by atoms with E-state index < -0.39 is 5.91 Å². The Kier molecular flexibility index (Phi) is 7.94. The highest BCUT2D eigenvalue weighted by molar-refractivity contribution is 6.42. The van der Waals surface area contributed by atoms with Crippen molar-refractivity contribution in [2.45, 2.75) is 0 Å². The number of ether oxygens (including phenoxy) is 2. The number of para-hydroxylation sites is 1. The van der Waals surface area contributed by atoms with Gasteiger partial charge in [-0.25, -0.2) is 0 Å². The summed E-state index contributed by atoms with van der Waals surface area (Å²) in [5.74, 6) is 0.904. The number of halogens is 2. The number of carbonyl (C=O) groups is 1. The fraction of sp³-hybridized carbons (Fsp3) is 0.0833. The molecule has 3 aromatic carbocycles. The van der Waals surface area contributed by atoms with Crippen molar-refractivity contribution in [2.75, 3.05) is 18.5 Å². The minimum Gasteiger partial charge on any atom is -0.490 e. The summed E-state index contributed by atoms with van der Waals surface area (Å²) >= 11 is 11.8. The van der Waals surface area contributed by atoms with Gasteiger partial charge in [0.2, 0.25) is 0 Å². The van der Waals surface area contributed by atoms with Crippen LogP contribution in [0.3, 0.4) is 0 Å². The number of anilines is 1. The Morgan fingerprint density at radius 3 is 2.16 bits per heavy atom. The zero-order chi connectivity index (χ0) is 22.1. The number of nitriles is 1. The molecule has 156 valence electrons. The number of hydrogen-bond acceptors (Lipinski definition) is 4. The normalized spacial score (nSPS) is 10.8. The molecule has 1 amide bonds. The molecular formula is C24H18Cl2N2O3. The van der Waals surface area contributed by atoms with Crippen LogP contribution in [0, 0.1) is 11.3 Å². The van der Waals surface area contributed by atoms with Crippen molar-refractivity contribution >= 4 is 40.9 Å². The van der Waals surface area contributed by atoms with Gasteiger partial charge < -0.3 is 14.8 Å². The lowest BCUT2D eigenvalue weighted by atomic mass is 10.1. The summed E-state index contributed by atoms with van der Waals surface area (Å²) in [5, 5.41) is 12.7. The summed E-state index contributed by atoms with van der Waals surface area (Å²) in [6.07, 6.45) is 1.50. The minimum atomic E-state index is -0.542. The van der Waals surface area contributed by atoms with E-state index in [2.05, 4.69) is 5.32 Å². The van der Waals surface area contributed by atoms with Gasteiger partial charge in [0.1, 0.15) is 36.4 Å². The van der Waals surface area contributed by atoms with Crippen molar-refractivity contribution in [2.24, 2.45) is 0 Å². The Bertz CT molecular complexity index is 1110. The van der Waals surface area contributed by atoms with E-state index in [1.807, 2.05) is 36.4 Å². The van der Waals surface area contributed by atoms with E-state index in [9.17, 15) is 10.1 Å². The molecule has 1 N–H and O–H groups in total. The van der Waals surface area contributed by atoms with Gasteiger partial charge in [-0.3, -0.25) is 4.79 Å². The first kappa shape index (κ1) is 22.2. The molecule has 0 fully saturated rings. The number of nitrogens with zero attached hydrogens (tertiary/aromatic N) is 1. The smallest absolute Gasteiger partial charge is 0.266 e. The van der Waals surface area contributed by atoms with Crippen LogP contribution in [0.15, 0.2) is 78.4 Å². The molecule has 0 aliphatic rings. The number of hydrogen-bond donors (Lipinski definition) is 1. The van der Waals surface area contributed by atoms with Crippen molar-refractivity contribution in [3.63, 3.8) is 0 Å². The third kappa shape index (κ3) is 6.78. The van der Waals surface area contributed by atoms with Crippen LogP contribution in [0.1, 0.15) is 5.56 Å². The SMILES string of the molecule is N#C/C(=C\c1ccc(OCCOc2ccccc2)cc1)C(=O)Nc1ccc(Cl)c(Cl)c1. The molecule has 0 saturated heterocycles. The molecule has 0 aliphatic carbocycles. The average molecular weight is 453 g/mol. The molecule has 0 saturated carbocycles. The third-order valence-electron chi connectivity index (χ3n) is 4.10. The topological polar surface area (TPSA) is 71.3 Å². The Morgan fingerprint density at radius 2 is 1.55 bits per heavy atom. The van der Waals surface area contributed by atoms with Gasteiger partial charge in [-0.1, -0.05) is 53.5 Å². The first-order valence-electron chi connectivity index (χ1n) is 9.34. The molecule has 3 rings (SSSR count). The summed E-state index contributed by atoms with van der Waals surface area (Å²) < 4.78 is 11.2. The predicted molar refractivity (Wildman–Crippen MR) is 123 cm³/mol. The highest BCUT2D eigenvalue weighted by Crippen LogP contribution is 2.25. The number of benzene rings is 3. The van der Waals surface area contributed by atoms with E-state index in [0.717, 1.165) is 5.75 Å². The van der Waals surface area contributed by atoms with Crippen LogP contribution in [0.25, 0.3) is 6.08 Å². The maximum Gasteiger partial charge on any atom is 0.266 e. The maximum absolute atomic E-state index is 12.4. The molecule has 5 nitrogen and oxygen atoms in total. The number of amides is 1. The van der Waals surface area contributed by atoms with Crippen LogP contribution < -0.4 is 14.8 Å². The van der Waals surface area contributed by atoms with Crippen LogP contribution in [0.5, 0.6) is 11.5 Å². The molecule has 0 unspecified atom stereocenters. The second-order valence-corrected chi connectivity index (χ2v) is 7.15. The van der Waals surface area contributed by atoms with Gasteiger partial charge in [-0.15, -0.1) is 0 Å². The monoisotopic (exact) mass is 452 g/mol. The molecule has 0 radical (unpaired) electrons. The summed E-state index contributed by atoms with van der Waals surface area (Å²) in [6.45, 7) is 0.804. The highest BCUT2D eigenvalue weighted by atomic mass is 35.5. The van der Waals surface area contributed by atoms with Crippen molar-refractivity contribution in [3.8, 4) is 17.6 Å². The van der Waals surface area contributed by atoms with Crippen molar-refractivity contribution in [1.82, 2.24) is 0 Å². The van der Waals surface area contributed by atoms with Gasteiger partial charge >= 0.3 is 0 Å². The predicted octanol–water partition coefficient (Wildman–Crippen LogP) is 6.00. The molecule has 3 aromatic rings. The Morgan fingerprint density at radius 1 is 0.903 bits per heavy atom. The zero-order valence-electron chi connectivity index (χ0n) is 16.3. The Hall–Kier alpha value is -3.46. The molecule has 0 spiro atoms. The van der Waals surface area contributed by atoms with Crippen LogP contribution in [-0.2, 0) is 4.79 Å². The highest BCUT2D eigenvalue weighted by Gasteiger charge is 2.10. The molecule has 0 atom stereocenters. The maximum atomic E-state index is 12.4. The lowest BCUT2D eigenvalue weighted by Gasteiger charge is -2.08. The average Bonchev–Trinajstić information content (AvgIpc) is 2.79. The summed E-state index contributed by atoms with van der Waals surface area (Å²) in [4.78, 5) is 12.4. The van der Waals surface area contributed by atoms with Crippen LogP contribution in [-0.4, -0.2) is 19.1 Å². The largest absolute Gasteiger partial charge is 0.490 e. The van der Waals surface area contributed by atoms with Gasteiger partial charge in [0.05, 0.1) is 10.0 Å². The van der Waals surface area contributed by atoms with Crippen molar-refractivity contribution in [3.05, 3.63) is 94.0 Å². The van der Waals surface area contributed by atoms with Crippen molar-refractivity contribution in [1.29, 1.82) is 5.26 Å². The van der Waals surface area contributed by atoms with E-state index in [4.69, 9.17) is 32.7 Å². The number of carbonyl (C=O) groups excluding carboxylic acids is 1. The molecule has 0 aromatic heterocycles. The second kappa shape index (κ2) is 11.1. The van der Waals surface area contributed by atoms with Gasteiger partial charge in [0.15, 0.2) is 0 Å². The molecule has 31 heavy (non-hydrogen) atoms. The molecule has 0 aliphatic heterocycles. The van der Waals surface area contributed by atoms with Crippen LogP contribution in [0.2, 0.25) is 10.0 Å². The fourth-order valence-electron chi connectivity index (χ4n) is 2.58. The van der Waals surface area contributed by atoms with Crippen molar-refractivity contribution < 1.29 is 14.3 Å². The first-order valence-corrected chi connectivity index (χ1v) is 10.1. The Labute approximate surface area is 190 Å². The van der Waals surface area contributed by atoms with Crippen LogP contribution >= 0.6 is 23.2 Å². The minimum absolute atomic E-state index is 0.0454. The van der Waals surface area contributed by atoms with Gasteiger partial charge in [-0.2, -0.15) is 5.26 Å². The number of rotatable bonds is 8. The Balaban J connectivity index is 1.55. The van der Waals surface area contributed by atoms with Gasteiger partial charge in [0.25, 0.3) is 5.91 Å². The van der Waals surface area contributed by atoms with E-state index in [-0.39, 0.29) is 5.57 Å². The van der Waals surface area contributed by atoms with E-state index in [0.29, 0.717) is 40.3 Å². The second-order valence-electron chi connectivity index (χ2n) is 6.33. The zero-order valence-corrected chi connectivity index (χ0v) is 17.9. The van der Waals surface area contributed by atoms with E-state index in [1.165, 1.54) is 12.1 Å². The molecular weight excluding hydrogens is 435 g/mol. The van der Waals surface area contributed by atoms with Gasteiger partial charge in [-0.05, 0) is 54.1 Å².